The van der Waals surface area contributed by atoms with Crippen LogP contribution >= 0.6 is 24.5 Å². The third-order valence-electron chi connectivity index (χ3n) is 4.03. The second-order valence-electron chi connectivity index (χ2n) is 5.86. The summed E-state index contributed by atoms with van der Waals surface area (Å²) in [6.07, 6.45) is -0.561. The minimum absolute atomic E-state index is 0.246. The van der Waals surface area contributed by atoms with Crippen LogP contribution < -0.4 is 4.74 Å². The molecule has 8 heteroatoms. The number of H-pyrrole nitrogens is 1. The number of amides is 1. The van der Waals surface area contributed by atoms with Gasteiger partial charge in [-0.25, -0.2) is 9.78 Å². The molecule has 0 saturated heterocycles. The Balaban J connectivity index is 2.03. The van der Waals surface area contributed by atoms with E-state index in [0.717, 1.165) is 28.3 Å². The first-order chi connectivity index (χ1) is 13.0. The molecule has 0 aliphatic carbocycles. The molecule has 6 nitrogen and oxygen atoms in total. The van der Waals surface area contributed by atoms with Gasteiger partial charge in [-0.3, -0.25) is 0 Å². The zero-order chi connectivity index (χ0) is 19.4. The van der Waals surface area contributed by atoms with E-state index in [2.05, 4.69) is 27.1 Å². The maximum Gasteiger partial charge on any atom is 0.421 e. The summed E-state index contributed by atoms with van der Waals surface area (Å²) in [4.78, 5) is 21.0. The maximum absolute atomic E-state index is 11.6. The number of hydrogen-bond donors (Lipinski definition) is 2. The summed E-state index contributed by atoms with van der Waals surface area (Å²) in [6, 6.07) is 15.1. The van der Waals surface area contributed by atoms with Gasteiger partial charge in [0.05, 0.1) is 25.0 Å². The van der Waals surface area contributed by atoms with Gasteiger partial charge in [0.2, 0.25) is 0 Å². The van der Waals surface area contributed by atoms with Gasteiger partial charge in [0.25, 0.3) is 0 Å². The first-order valence-electron chi connectivity index (χ1n) is 8.07. The molecule has 3 aromatic rings. The van der Waals surface area contributed by atoms with Crippen LogP contribution in [0, 0.1) is 0 Å². The average Bonchev–Trinajstić information content (AvgIpc) is 3.11. The van der Waals surface area contributed by atoms with E-state index in [-0.39, 0.29) is 6.54 Å². The highest BCUT2D eigenvalue weighted by Crippen LogP contribution is 2.32. The van der Waals surface area contributed by atoms with Crippen LogP contribution in [0.25, 0.3) is 22.5 Å². The van der Waals surface area contributed by atoms with Crippen molar-refractivity contribution in [2.24, 2.45) is 0 Å². The topological polar surface area (TPSA) is 67.4 Å². The fourth-order valence-corrected chi connectivity index (χ4v) is 2.90. The van der Waals surface area contributed by atoms with Crippen molar-refractivity contribution in [2.45, 2.75) is 6.54 Å². The van der Waals surface area contributed by atoms with Crippen molar-refractivity contribution in [2.75, 3.05) is 14.2 Å². The summed E-state index contributed by atoms with van der Waals surface area (Å²) in [7, 11) is 3.23. The molecule has 1 heterocycles. The number of ether oxygens (including phenoxy) is 1. The molecule has 0 atom stereocenters. The molecule has 0 fully saturated rings. The maximum atomic E-state index is 11.6. The fraction of sp³-hybridized carbons (Fsp3) is 0.158. The van der Waals surface area contributed by atoms with E-state index in [0.29, 0.717) is 10.8 Å². The molecule has 140 valence electrons. The highest BCUT2D eigenvalue weighted by molar-refractivity contribution is 7.75. The van der Waals surface area contributed by atoms with Crippen LogP contribution in [0.3, 0.4) is 0 Å². The Hall–Kier alpha value is -2.64. The van der Waals surface area contributed by atoms with Gasteiger partial charge in [0, 0.05) is 36.1 Å². The molecule has 0 saturated carbocycles. The number of thiol groups is 1. The molecule has 0 spiro atoms. The molecule has 27 heavy (non-hydrogen) atoms. The van der Waals surface area contributed by atoms with Crippen LogP contribution in [-0.4, -0.2) is 35.1 Å². The Morgan fingerprint density at radius 2 is 1.78 bits per heavy atom. The molecule has 0 aliphatic rings. The Labute approximate surface area is 167 Å². The van der Waals surface area contributed by atoms with Crippen molar-refractivity contribution in [3.05, 3.63) is 59.4 Å². The summed E-state index contributed by atoms with van der Waals surface area (Å²) in [5.41, 5.74) is 3.45. The number of imidazole rings is 1. The molecule has 3 rings (SSSR count). The monoisotopic (exact) mass is 403 g/mol. The highest BCUT2D eigenvalue weighted by atomic mass is 35.5. The first kappa shape index (κ1) is 19.1. The van der Waals surface area contributed by atoms with Crippen LogP contribution in [-0.2, 0) is 10.7 Å². The predicted molar refractivity (Wildman–Crippen MR) is 108 cm³/mol. The van der Waals surface area contributed by atoms with Gasteiger partial charge < -0.3 is 18.8 Å². The standard InChI is InChI=1S/C19H18ClN3O3S/c1-23(19(24)26-27)11-16-21-17(12-3-7-14(20)8-4-12)18(22-16)13-5-9-15(25-2)10-6-13/h3-10,27H,11H2,1-2H3,(H,21,22). The van der Waals surface area contributed by atoms with Gasteiger partial charge in [-0.15, -0.1) is 0 Å². The van der Waals surface area contributed by atoms with Gasteiger partial charge in [0.1, 0.15) is 11.6 Å². The Morgan fingerprint density at radius 3 is 2.37 bits per heavy atom. The predicted octanol–water partition coefficient (Wildman–Crippen LogP) is 4.82. The average molecular weight is 404 g/mol. The van der Waals surface area contributed by atoms with E-state index >= 15 is 0 Å². The van der Waals surface area contributed by atoms with Crippen LogP contribution in [0.5, 0.6) is 5.75 Å². The number of halogens is 1. The van der Waals surface area contributed by atoms with Crippen molar-refractivity contribution < 1.29 is 13.7 Å². The third kappa shape index (κ3) is 4.37. The van der Waals surface area contributed by atoms with E-state index in [9.17, 15) is 4.79 Å². The van der Waals surface area contributed by atoms with E-state index in [4.69, 9.17) is 16.3 Å². The molecule has 2 aromatic carbocycles. The van der Waals surface area contributed by atoms with Gasteiger partial charge in [0.15, 0.2) is 0 Å². The number of nitrogens with zero attached hydrogens (tertiary/aromatic N) is 2. The largest absolute Gasteiger partial charge is 0.497 e. The van der Waals surface area contributed by atoms with Gasteiger partial charge in [-0.2, -0.15) is 0 Å². The van der Waals surface area contributed by atoms with Gasteiger partial charge >= 0.3 is 6.09 Å². The zero-order valence-corrected chi connectivity index (χ0v) is 16.4. The van der Waals surface area contributed by atoms with Crippen LogP contribution in [0.4, 0.5) is 4.79 Å². The SMILES string of the molecule is COc1ccc(-c2nc(CN(C)C(=O)OS)[nH]c2-c2ccc(Cl)cc2)cc1. The summed E-state index contributed by atoms with van der Waals surface area (Å²) in [5.74, 6) is 1.38. The summed E-state index contributed by atoms with van der Waals surface area (Å²) >= 11 is 9.55. The van der Waals surface area contributed by atoms with Crippen molar-refractivity contribution >= 4 is 30.6 Å². The van der Waals surface area contributed by atoms with Crippen molar-refractivity contribution in [3.63, 3.8) is 0 Å². The lowest BCUT2D eigenvalue weighted by molar-refractivity contribution is 0.169. The molecular weight excluding hydrogens is 386 g/mol. The minimum atomic E-state index is -0.561. The number of carbonyl (C=O) groups is 1. The van der Waals surface area contributed by atoms with Crippen LogP contribution in [0.1, 0.15) is 5.82 Å². The quantitative estimate of drug-likeness (QED) is 0.473. The zero-order valence-electron chi connectivity index (χ0n) is 14.8. The Morgan fingerprint density at radius 1 is 1.15 bits per heavy atom. The molecule has 1 aromatic heterocycles. The fourth-order valence-electron chi connectivity index (χ4n) is 2.64. The van der Waals surface area contributed by atoms with E-state index in [1.54, 1.807) is 14.2 Å². The molecule has 0 bridgehead atoms. The summed E-state index contributed by atoms with van der Waals surface area (Å²) < 4.78 is 9.66. The molecule has 1 N–H and O–H groups in total. The van der Waals surface area contributed by atoms with Crippen molar-refractivity contribution in [1.82, 2.24) is 14.9 Å². The number of nitrogens with one attached hydrogen (secondary N) is 1. The summed E-state index contributed by atoms with van der Waals surface area (Å²) in [6.45, 7) is 0.246. The second-order valence-corrected chi connectivity index (χ2v) is 6.47. The lowest BCUT2D eigenvalue weighted by Gasteiger charge is -2.12. The number of aromatic amines is 1. The minimum Gasteiger partial charge on any atom is -0.497 e. The molecule has 0 aliphatic heterocycles. The smallest absolute Gasteiger partial charge is 0.421 e. The lowest BCUT2D eigenvalue weighted by atomic mass is 10.1. The first-order valence-corrected chi connectivity index (χ1v) is 8.82. The normalized spacial score (nSPS) is 10.5. The molecule has 0 unspecified atom stereocenters. The van der Waals surface area contributed by atoms with Crippen LogP contribution in [0.15, 0.2) is 48.5 Å². The van der Waals surface area contributed by atoms with E-state index < -0.39 is 6.09 Å². The number of methoxy groups -OCH3 is 1. The van der Waals surface area contributed by atoms with E-state index in [1.165, 1.54) is 4.90 Å². The van der Waals surface area contributed by atoms with E-state index in [1.807, 2.05) is 48.5 Å². The second kappa shape index (κ2) is 8.37. The lowest BCUT2D eigenvalue weighted by Crippen LogP contribution is -2.25. The number of benzene rings is 2. The van der Waals surface area contributed by atoms with Crippen LogP contribution in [0.2, 0.25) is 5.02 Å². The highest BCUT2D eigenvalue weighted by Gasteiger charge is 2.17. The third-order valence-corrected chi connectivity index (χ3v) is 4.43. The Bertz CT molecular complexity index is 926. The van der Waals surface area contributed by atoms with Gasteiger partial charge in [-0.1, -0.05) is 23.7 Å². The Kier molecular flexibility index (Phi) is 5.93. The molecule has 0 radical (unpaired) electrons. The number of aromatic nitrogens is 2. The van der Waals surface area contributed by atoms with Gasteiger partial charge in [-0.05, 0) is 36.4 Å². The number of hydrogen-bond acceptors (Lipinski definition) is 5. The molecular formula is C19H18ClN3O3S. The summed E-state index contributed by atoms with van der Waals surface area (Å²) in [5, 5.41) is 0.653. The van der Waals surface area contributed by atoms with Crippen molar-refractivity contribution in [3.8, 4) is 28.3 Å². The number of carbonyl (C=O) groups excluding carboxylic acids is 1. The number of rotatable bonds is 5. The van der Waals surface area contributed by atoms with Crippen molar-refractivity contribution in [1.29, 1.82) is 0 Å². The molecule has 1 amide bonds.